The van der Waals surface area contributed by atoms with Crippen molar-refractivity contribution in [3.05, 3.63) is 0 Å². The van der Waals surface area contributed by atoms with Crippen molar-refractivity contribution in [3.63, 3.8) is 0 Å². The van der Waals surface area contributed by atoms with Crippen molar-refractivity contribution in [3.8, 4) is 0 Å². The maximum atomic E-state index is 9.77. The molecule has 1 heterocycles. The van der Waals surface area contributed by atoms with Crippen LogP contribution in [0.2, 0.25) is 18.1 Å². The summed E-state index contributed by atoms with van der Waals surface area (Å²) >= 11 is 0. The molecule has 126 valence electrons. The van der Waals surface area contributed by atoms with Crippen LogP contribution in [0.1, 0.15) is 41.0 Å². The maximum absolute atomic E-state index is 9.77. The average molecular weight is 321 g/mol. The Labute approximate surface area is 129 Å². The first kappa shape index (κ1) is 19.1. The van der Waals surface area contributed by atoms with Gasteiger partial charge in [0.05, 0.1) is 18.8 Å². The number of ether oxygens (including phenoxy) is 2. The summed E-state index contributed by atoms with van der Waals surface area (Å²) < 4.78 is 18.1. The van der Waals surface area contributed by atoms with Crippen molar-refractivity contribution in [1.82, 2.24) is 0 Å². The molecule has 0 saturated carbocycles. The van der Waals surface area contributed by atoms with Crippen molar-refractivity contribution in [1.29, 1.82) is 0 Å². The quantitative estimate of drug-likeness (QED) is 0.735. The average Bonchev–Trinajstić information content (AvgIpc) is 2.60. The third kappa shape index (κ3) is 4.74. The van der Waals surface area contributed by atoms with Gasteiger partial charge in [0.15, 0.2) is 14.1 Å². The van der Waals surface area contributed by atoms with Crippen LogP contribution in [0, 0.1) is 0 Å². The monoisotopic (exact) mass is 320 g/mol. The molecule has 0 unspecified atom stereocenters. The molecule has 1 fully saturated rings. The van der Waals surface area contributed by atoms with Crippen LogP contribution >= 0.6 is 0 Å². The van der Waals surface area contributed by atoms with Crippen molar-refractivity contribution >= 4 is 8.32 Å². The summed E-state index contributed by atoms with van der Waals surface area (Å²) in [6.07, 6.45) is -0.562. The van der Waals surface area contributed by atoms with E-state index in [0.717, 1.165) is 0 Å². The lowest BCUT2D eigenvalue weighted by atomic mass is 10.1. The van der Waals surface area contributed by atoms with E-state index in [2.05, 4.69) is 33.9 Å². The molecule has 0 radical (unpaired) electrons. The van der Waals surface area contributed by atoms with Gasteiger partial charge in [-0.3, -0.25) is 0 Å². The molecule has 0 aliphatic carbocycles. The van der Waals surface area contributed by atoms with Gasteiger partial charge in [0.2, 0.25) is 0 Å². The molecule has 2 N–H and O–H groups in total. The predicted octanol–water partition coefficient (Wildman–Crippen LogP) is 2.27. The second kappa shape index (κ2) is 6.64. The van der Waals surface area contributed by atoms with Crippen LogP contribution in [-0.4, -0.2) is 55.8 Å². The van der Waals surface area contributed by atoms with Gasteiger partial charge < -0.3 is 24.1 Å². The molecule has 1 aliphatic heterocycles. The lowest BCUT2D eigenvalue weighted by Crippen LogP contribution is -2.50. The van der Waals surface area contributed by atoms with Crippen molar-refractivity contribution < 1.29 is 24.1 Å². The van der Waals surface area contributed by atoms with Gasteiger partial charge in [-0.05, 0) is 38.4 Å². The Morgan fingerprint density at radius 3 is 2.19 bits per heavy atom. The molecular formula is C15H32O5Si. The van der Waals surface area contributed by atoms with E-state index in [1.165, 1.54) is 0 Å². The number of rotatable bonds is 6. The molecule has 0 bridgehead atoms. The standard InChI is InChI=1S/C15H32O5Si/c1-14(2,3)21(6,7)20-12(10-17)13-11(8-9-16)18-15(4,5)19-13/h11-13,16-17H,8-10H2,1-7H3/t11-,12-,13-/m0/s1. The van der Waals surface area contributed by atoms with Crippen LogP contribution < -0.4 is 0 Å². The predicted molar refractivity (Wildman–Crippen MR) is 84.7 cm³/mol. The van der Waals surface area contributed by atoms with Gasteiger partial charge in [0, 0.05) is 6.61 Å². The summed E-state index contributed by atoms with van der Waals surface area (Å²) in [6, 6.07) is 0. The fraction of sp³-hybridized carbons (Fsp3) is 1.00. The third-order valence-electron chi connectivity index (χ3n) is 4.43. The molecule has 6 heteroatoms. The summed E-state index contributed by atoms with van der Waals surface area (Å²) in [5, 5.41) is 19.0. The SMILES string of the molecule is CC1(C)O[C@H]([C@H](CO)O[Si](C)(C)C(C)(C)C)[C@H](CCO)O1. The first-order chi connectivity index (χ1) is 9.43. The van der Waals surface area contributed by atoms with E-state index in [1.807, 2.05) is 13.8 Å². The van der Waals surface area contributed by atoms with Crippen molar-refractivity contribution in [2.45, 2.75) is 83.3 Å². The largest absolute Gasteiger partial charge is 0.409 e. The summed E-state index contributed by atoms with van der Waals surface area (Å²) in [5.74, 6) is -0.714. The van der Waals surface area contributed by atoms with E-state index in [-0.39, 0.29) is 30.5 Å². The summed E-state index contributed by atoms with van der Waals surface area (Å²) in [5.41, 5.74) is 0. The van der Waals surface area contributed by atoms with Gasteiger partial charge in [-0.1, -0.05) is 20.8 Å². The Morgan fingerprint density at radius 1 is 1.19 bits per heavy atom. The van der Waals surface area contributed by atoms with Crippen LogP contribution in [0.15, 0.2) is 0 Å². The molecule has 21 heavy (non-hydrogen) atoms. The van der Waals surface area contributed by atoms with E-state index >= 15 is 0 Å². The minimum absolute atomic E-state index is 0.0266. The van der Waals surface area contributed by atoms with E-state index in [1.54, 1.807) is 0 Å². The first-order valence-corrected chi connectivity index (χ1v) is 10.6. The number of hydrogen-bond donors (Lipinski definition) is 2. The Hall–Kier alpha value is 0.0169. The lowest BCUT2D eigenvalue weighted by molar-refractivity contribution is -0.156. The Kier molecular flexibility index (Phi) is 6.03. The zero-order valence-electron chi connectivity index (χ0n) is 14.5. The maximum Gasteiger partial charge on any atom is 0.192 e. The van der Waals surface area contributed by atoms with Gasteiger partial charge in [0.25, 0.3) is 0 Å². The molecule has 1 saturated heterocycles. The zero-order valence-corrected chi connectivity index (χ0v) is 15.5. The van der Waals surface area contributed by atoms with Crippen LogP contribution in [0.3, 0.4) is 0 Å². The number of aliphatic hydroxyl groups is 2. The first-order valence-electron chi connectivity index (χ1n) is 7.69. The Balaban J connectivity index is 2.88. The minimum atomic E-state index is -2.01. The van der Waals surface area contributed by atoms with E-state index in [0.29, 0.717) is 6.42 Å². The topological polar surface area (TPSA) is 68.2 Å². The molecule has 0 aromatic rings. The highest BCUT2D eigenvalue weighted by atomic mass is 28.4. The smallest absolute Gasteiger partial charge is 0.192 e. The molecule has 1 rings (SSSR count). The fourth-order valence-electron chi connectivity index (χ4n) is 2.29. The van der Waals surface area contributed by atoms with E-state index in [4.69, 9.17) is 13.9 Å². The van der Waals surface area contributed by atoms with Crippen molar-refractivity contribution in [2.24, 2.45) is 0 Å². The molecule has 3 atom stereocenters. The highest BCUT2D eigenvalue weighted by Crippen LogP contribution is 2.40. The normalized spacial score (nSPS) is 27.9. The molecule has 0 amide bonds. The lowest BCUT2D eigenvalue weighted by Gasteiger charge is -2.40. The zero-order chi connectivity index (χ0) is 16.5. The van der Waals surface area contributed by atoms with Gasteiger partial charge in [0.1, 0.15) is 6.10 Å². The van der Waals surface area contributed by atoms with Gasteiger partial charge in [-0.15, -0.1) is 0 Å². The molecule has 0 spiro atoms. The molecule has 1 aliphatic rings. The second-order valence-corrected chi connectivity index (χ2v) is 12.5. The third-order valence-corrected chi connectivity index (χ3v) is 8.94. The molecule has 0 aromatic heterocycles. The van der Waals surface area contributed by atoms with Gasteiger partial charge in [-0.2, -0.15) is 0 Å². The summed E-state index contributed by atoms with van der Waals surface area (Å²) in [7, 11) is -2.01. The molecular weight excluding hydrogens is 288 g/mol. The molecule has 0 aromatic carbocycles. The fourth-order valence-corrected chi connectivity index (χ4v) is 3.61. The second-order valence-electron chi connectivity index (χ2n) is 7.75. The van der Waals surface area contributed by atoms with Crippen LogP contribution in [0.4, 0.5) is 0 Å². The number of hydrogen-bond acceptors (Lipinski definition) is 5. The highest BCUT2D eigenvalue weighted by Gasteiger charge is 2.48. The number of aliphatic hydroxyl groups excluding tert-OH is 2. The van der Waals surface area contributed by atoms with Crippen LogP contribution in [0.5, 0.6) is 0 Å². The Morgan fingerprint density at radius 2 is 1.76 bits per heavy atom. The molecule has 5 nitrogen and oxygen atoms in total. The summed E-state index contributed by atoms with van der Waals surface area (Å²) in [6.45, 7) is 14.4. The van der Waals surface area contributed by atoms with E-state index < -0.39 is 20.2 Å². The van der Waals surface area contributed by atoms with Crippen molar-refractivity contribution in [2.75, 3.05) is 13.2 Å². The minimum Gasteiger partial charge on any atom is -0.409 e. The van der Waals surface area contributed by atoms with Gasteiger partial charge >= 0.3 is 0 Å². The van der Waals surface area contributed by atoms with Crippen LogP contribution in [-0.2, 0) is 13.9 Å². The van der Waals surface area contributed by atoms with Crippen LogP contribution in [0.25, 0.3) is 0 Å². The highest BCUT2D eigenvalue weighted by molar-refractivity contribution is 6.74. The summed E-state index contributed by atoms with van der Waals surface area (Å²) in [4.78, 5) is 0. The Bertz CT molecular complexity index is 337. The van der Waals surface area contributed by atoms with E-state index in [9.17, 15) is 10.2 Å². The van der Waals surface area contributed by atoms with Gasteiger partial charge in [-0.25, -0.2) is 0 Å².